The minimum Gasteiger partial charge on any atom is -0.368 e. The Bertz CT molecular complexity index is 357. The molecule has 0 fully saturated rings. The van der Waals surface area contributed by atoms with Crippen molar-refractivity contribution >= 4 is 17.3 Å². The van der Waals surface area contributed by atoms with Crippen LogP contribution in [-0.2, 0) is 0 Å². The summed E-state index contributed by atoms with van der Waals surface area (Å²) in [6.07, 6.45) is 0.746. The van der Waals surface area contributed by atoms with Crippen LogP contribution in [0.3, 0.4) is 0 Å². The Labute approximate surface area is 89.5 Å². The van der Waals surface area contributed by atoms with Gasteiger partial charge in [0.2, 0.25) is 0 Å². The summed E-state index contributed by atoms with van der Waals surface area (Å²) in [5, 5.41) is 12.8. The molecule has 14 heavy (non-hydrogen) atoms. The second-order valence-corrected chi connectivity index (χ2v) is 3.87. The van der Waals surface area contributed by atoms with Gasteiger partial charge in [-0.05, 0) is 31.5 Å². The van der Waals surface area contributed by atoms with Crippen molar-refractivity contribution in [2.24, 2.45) is 0 Å². The van der Waals surface area contributed by atoms with E-state index < -0.39 is 5.54 Å². The summed E-state index contributed by atoms with van der Waals surface area (Å²) in [7, 11) is 0. The number of nitrogens with one attached hydrogen (secondary N) is 1. The van der Waals surface area contributed by atoms with E-state index in [9.17, 15) is 0 Å². The van der Waals surface area contributed by atoms with Crippen LogP contribution in [0, 0.1) is 11.3 Å². The first-order valence-electron chi connectivity index (χ1n) is 4.54. The Kier molecular flexibility index (Phi) is 3.38. The van der Waals surface area contributed by atoms with Crippen molar-refractivity contribution in [3.63, 3.8) is 0 Å². The lowest BCUT2D eigenvalue weighted by atomic mass is 10.0. The van der Waals surface area contributed by atoms with Crippen LogP contribution in [0.4, 0.5) is 5.69 Å². The first kappa shape index (κ1) is 10.9. The van der Waals surface area contributed by atoms with Crippen molar-refractivity contribution in [2.75, 3.05) is 5.32 Å². The third-order valence-corrected chi connectivity index (χ3v) is 2.43. The molecule has 0 aromatic heterocycles. The zero-order valence-corrected chi connectivity index (χ0v) is 9.10. The van der Waals surface area contributed by atoms with Crippen LogP contribution in [0.15, 0.2) is 24.3 Å². The Morgan fingerprint density at radius 2 is 2.29 bits per heavy atom. The van der Waals surface area contributed by atoms with Gasteiger partial charge in [-0.3, -0.25) is 0 Å². The quantitative estimate of drug-likeness (QED) is 0.826. The topological polar surface area (TPSA) is 35.8 Å². The Morgan fingerprint density at radius 3 is 2.79 bits per heavy atom. The van der Waals surface area contributed by atoms with E-state index in [4.69, 9.17) is 16.9 Å². The summed E-state index contributed by atoms with van der Waals surface area (Å²) in [5.41, 5.74) is 0.355. The van der Waals surface area contributed by atoms with Crippen molar-refractivity contribution in [3.05, 3.63) is 29.3 Å². The Balaban J connectivity index is 2.84. The molecule has 2 nitrogen and oxygen atoms in total. The third kappa shape index (κ3) is 2.65. The van der Waals surface area contributed by atoms with E-state index in [1.807, 2.05) is 38.1 Å². The van der Waals surface area contributed by atoms with E-state index in [0.717, 1.165) is 12.1 Å². The number of nitriles is 1. The van der Waals surface area contributed by atoms with Gasteiger partial charge in [-0.1, -0.05) is 24.6 Å². The van der Waals surface area contributed by atoms with E-state index in [1.165, 1.54) is 0 Å². The van der Waals surface area contributed by atoms with E-state index in [0.29, 0.717) is 5.02 Å². The summed E-state index contributed by atoms with van der Waals surface area (Å²) in [6.45, 7) is 3.84. The lowest BCUT2D eigenvalue weighted by Gasteiger charge is -2.22. The van der Waals surface area contributed by atoms with Crippen LogP contribution in [0.1, 0.15) is 20.3 Å². The molecule has 0 aliphatic carbocycles. The summed E-state index contributed by atoms with van der Waals surface area (Å²) >= 11 is 5.84. The number of nitrogens with zero attached hydrogens (tertiary/aromatic N) is 1. The zero-order chi connectivity index (χ0) is 10.6. The molecule has 1 rings (SSSR count). The minimum absolute atomic E-state index is 0.523. The highest BCUT2D eigenvalue weighted by molar-refractivity contribution is 6.30. The molecule has 74 valence electrons. The average Bonchev–Trinajstić information content (AvgIpc) is 2.18. The van der Waals surface area contributed by atoms with Crippen LogP contribution in [0.5, 0.6) is 0 Å². The molecule has 0 spiro atoms. The van der Waals surface area contributed by atoms with Crippen molar-refractivity contribution in [3.8, 4) is 6.07 Å². The van der Waals surface area contributed by atoms with E-state index in [2.05, 4.69) is 11.4 Å². The van der Waals surface area contributed by atoms with Gasteiger partial charge >= 0.3 is 0 Å². The molecule has 0 bridgehead atoms. The fourth-order valence-electron chi connectivity index (χ4n) is 1.08. The van der Waals surface area contributed by atoms with Crippen LogP contribution in [-0.4, -0.2) is 5.54 Å². The molecule has 1 N–H and O–H groups in total. The van der Waals surface area contributed by atoms with Crippen LogP contribution < -0.4 is 5.32 Å². The first-order valence-corrected chi connectivity index (χ1v) is 4.92. The molecule has 0 saturated heterocycles. The fourth-order valence-corrected chi connectivity index (χ4v) is 1.27. The van der Waals surface area contributed by atoms with Crippen molar-refractivity contribution < 1.29 is 0 Å². The molecule has 1 unspecified atom stereocenters. The molecule has 1 atom stereocenters. The van der Waals surface area contributed by atoms with Gasteiger partial charge in [-0.25, -0.2) is 0 Å². The smallest absolute Gasteiger partial charge is 0.122 e. The molecule has 0 saturated carbocycles. The lowest BCUT2D eigenvalue weighted by Crippen LogP contribution is -2.31. The second kappa shape index (κ2) is 4.34. The van der Waals surface area contributed by atoms with Gasteiger partial charge in [0.25, 0.3) is 0 Å². The third-order valence-electron chi connectivity index (χ3n) is 2.20. The lowest BCUT2D eigenvalue weighted by molar-refractivity contribution is 0.626. The number of hydrogen-bond acceptors (Lipinski definition) is 2. The zero-order valence-electron chi connectivity index (χ0n) is 8.34. The number of anilines is 1. The van der Waals surface area contributed by atoms with Crippen molar-refractivity contribution in [1.82, 2.24) is 0 Å². The molecule has 0 radical (unpaired) electrons. The van der Waals surface area contributed by atoms with E-state index in [1.54, 1.807) is 0 Å². The molecule has 0 heterocycles. The monoisotopic (exact) mass is 208 g/mol. The number of hydrogen-bond donors (Lipinski definition) is 1. The van der Waals surface area contributed by atoms with Gasteiger partial charge in [0.1, 0.15) is 5.54 Å². The highest BCUT2D eigenvalue weighted by Gasteiger charge is 2.20. The highest BCUT2D eigenvalue weighted by atomic mass is 35.5. The van der Waals surface area contributed by atoms with Crippen LogP contribution in [0.25, 0.3) is 0 Å². The standard InChI is InChI=1S/C11H13ClN2/c1-3-11(2,8-13)14-10-6-4-5-9(12)7-10/h4-7,14H,3H2,1-2H3. The first-order chi connectivity index (χ1) is 6.59. The maximum atomic E-state index is 8.97. The van der Waals surface area contributed by atoms with E-state index >= 15 is 0 Å². The molecular weight excluding hydrogens is 196 g/mol. The summed E-state index contributed by atoms with van der Waals surface area (Å²) in [4.78, 5) is 0. The van der Waals surface area contributed by atoms with Crippen LogP contribution >= 0.6 is 11.6 Å². The van der Waals surface area contributed by atoms with Crippen molar-refractivity contribution in [1.29, 1.82) is 5.26 Å². The van der Waals surface area contributed by atoms with Crippen LogP contribution in [0.2, 0.25) is 5.02 Å². The molecule has 1 aromatic carbocycles. The number of benzene rings is 1. The van der Waals surface area contributed by atoms with Gasteiger partial charge in [-0.2, -0.15) is 5.26 Å². The van der Waals surface area contributed by atoms with Crippen molar-refractivity contribution in [2.45, 2.75) is 25.8 Å². The predicted octanol–water partition coefficient (Wildman–Crippen LogP) is 3.44. The Morgan fingerprint density at radius 1 is 1.57 bits per heavy atom. The van der Waals surface area contributed by atoms with Gasteiger partial charge < -0.3 is 5.32 Å². The highest BCUT2D eigenvalue weighted by Crippen LogP contribution is 2.20. The minimum atomic E-state index is -0.523. The van der Waals surface area contributed by atoms with Gasteiger partial charge in [0, 0.05) is 10.7 Å². The summed E-state index contributed by atoms with van der Waals surface area (Å²) in [5.74, 6) is 0. The Hall–Kier alpha value is -1.20. The number of rotatable bonds is 3. The van der Waals surface area contributed by atoms with Gasteiger partial charge in [-0.15, -0.1) is 0 Å². The van der Waals surface area contributed by atoms with Gasteiger partial charge in [0.15, 0.2) is 0 Å². The predicted molar refractivity (Wildman–Crippen MR) is 59.4 cm³/mol. The largest absolute Gasteiger partial charge is 0.368 e. The molecular formula is C11H13ClN2. The fraction of sp³-hybridized carbons (Fsp3) is 0.364. The van der Waals surface area contributed by atoms with Gasteiger partial charge in [0.05, 0.1) is 6.07 Å². The molecule has 3 heteroatoms. The summed E-state index contributed by atoms with van der Waals surface area (Å²) < 4.78 is 0. The molecule has 0 aliphatic heterocycles. The molecule has 0 aliphatic rings. The maximum Gasteiger partial charge on any atom is 0.122 e. The molecule has 1 aromatic rings. The number of halogens is 1. The van der Waals surface area contributed by atoms with E-state index in [-0.39, 0.29) is 0 Å². The molecule has 0 amide bonds. The maximum absolute atomic E-state index is 8.97. The second-order valence-electron chi connectivity index (χ2n) is 3.43. The average molecular weight is 209 g/mol. The summed E-state index contributed by atoms with van der Waals surface area (Å²) in [6, 6.07) is 9.62. The SMILES string of the molecule is CCC(C)(C#N)Nc1cccc(Cl)c1. The normalized spacial score (nSPS) is 14.1.